The molecule has 3 unspecified atom stereocenters. The van der Waals surface area contributed by atoms with Crippen LogP contribution in [-0.2, 0) is 0 Å². The normalized spacial score (nSPS) is 53.5. The lowest BCUT2D eigenvalue weighted by Gasteiger charge is -2.71. The summed E-state index contributed by atoms with van der Waals surface area (Å²) in [5.41, 5.74) is 7.46. The first-order valence-electron chi connectivity index (χ1n) is 8.17. The highest BCUT2D eigenvalue weighted by Gasteiger charge is 2.66. The number of nitrogens with two attached hydrogens (primary N) is 1. The highest BCUT2D eigenvalue weighted by molar-refractivity contribution is 5.16. The molecule has 2 nitrogen and oxygen atoms in total. The summed E-state index contributed by atoms with van der Waals surface area (Å²) in [4.78, 5) is 0. The predicted molar refractivity (Wildman–Crippen MR) is 78.8 cm³/mol. The van der Waals surface area contributed by atoms with E-state index in [1.54, 1.807) is 0 Å². The first-order chi connectivity index (χ1) is 8.78. The standard InChI is InChI=1S/C17H31NO/c1-4-13(19)17-10-14(2)7-15(3,11-17)9-16(8-14,12-17)5-6-18/h13,19H,4-12,18H2,1-3H3. The Hall–Kier alpha value is -0.0800. The SMILES string of the molecule is CCC(O)C12CC3(C)CC(C)(CC(CCN)(C3)C1)C2. The molecule has 4 aliphatic carbocycles. The number of hydrogen-bond acceptors (Lipinski definition) is 2. The molecule has 0 aromatic rings. The molecule has 4 fully saturated rings. The van der Waals surface area contributed by atoms with Crippen LogP contribution in [0.5, 0.6) is 0 Å². The lowest BCUT2D eigenvalue weighted by Crippen LogP contribution is -2.62. The van der Waals surface area contributed by atoms with E-state index in [0.29, 0.717) is 16.2 Å². The fourth-order valence-electron chi connectivity index (χ4n) is 7.40. The molecule has 0 aliphatic heterocycles. The Balaban J connectivity index is 2.02. The molecule has 0 aromatic heterocycles. The minimum atomic E-state index is -0.107. The molecule has 0 spiro atoms. The first kappa shape index (κ1) is 13.9. The fraction of sp³-hybridized carbons (Fsp3) is 1.00. The zero-order valence-corrected chi connectivity index (χ0v) is 13.0. The van der Waals surface area contributed by atoms with Crippen LogP contribution in [-0.4, -0.2) is 17.8 Å². The van der Waals surface area contributed by atoms with Crippen LogP contribution in [0, 0.1) is 21.7 Å². The zero-order chi connectivity index (χ0) is 13.9. The third-order valence-electron chi connectivity index (χ3n) is 6.51. The van der Waals surface area contributed by atoms with Gasteiger partial charge >= 0.3 is 0 Å². The van der Waals surface area contributed by atoms with E-state index in [4.69, 9.17) is 5.73 Å². The molecule has 0 heterocycles. The number of rotatable bonds is 4. The van der Waals surface area contributed by atoms with Gasteiger partial charge in [0.25, 0.3) is 0 Å². The van der Waals surface area contributed by atoms with Crippen LogP contribution >= 0.6 is 0 Å². The summed E-state index contributed by atoms with van der Waals surface area (Å²) in [6, 6.07) is 0. The largest absolute Gasteiger partial charge is 0.393 e. The van der Waals surface area contributed by atoms with Gasteiger partial charge in [-0.15, -0.1) is 0 Å². The Morgan fingerprint density at radius 3 is 2.05 bits per heavy atom. The minimum Gasteiger partial charge on any atom is -0.393 e. The molecule has 4 rings (SSSR count). The van der Waals surface area contributed by atoms with E-state index in [9.17, 15) is 5.11 Å². The van der Waals surface area contributed by atoms with Gasteiger partial charge in [-0.2, -0.15) is 0 Å². The van der Waals surface area contributed by atoms with Crippen LogP contribution in [0.15, 0.2) is 0 Å². The van der Waals surface area contributed by atoms with Crippen molar-refractivity contribution in [1.82, 2.24) is 0 Å². The van der Waals surface area contributed by atoms with Crippen molar-refractivity contribution in [2.75, 3.05) is 6.54 Å². The maximum absolute atomic E-state index is 10.7. The van der Waals surface area contributed by atoms with Crippen molar-refractivity contribution in [1.29, 1.82) is 0 Å². The molecule has 0 saturated heterocycles. The van der Waals surface area contributed by atoms with Gasteiger partial charge in [-0.1, -0.05) is 20.8 Å². The summed E-state index contributed by atoms with van der Waals surface area (Å²) in [6.07, 6.45) is 9.76. The second kappa shape index (κ2) is 3.98. The van der Waals surface area contributed by atoms with Gasteiger partial charge < -0.3 is 10.8 Å². The second-order valence-electron chi connectivity index (χ2n) is 9.01. The average Bonchev–Trinajstić information content (AvgIpc) is 2.22. The molecule has 4 aliphatic rings. The maximum Gasteiger partial charge on any atom is 0.0594 e. The zero-order valence-electron chi connectivity index (χ0n) is 13.0. The van der Waals surface area contributed by atoms with Crippen LogP contribution in [0.3, 0.4) is 0 Å². The molecule has 3 N–H and O–H groups in total. The smallest absolute Gasteiger partial charge is 0.0594 e. The number of aliphatic hydroxyl groups is 1. The van der Waals surface area contributed by atoms with Crippen molar-refractivity contribution in [3.63, 3.8) is 0 Å². The van der Waals surface area contributed by atoms with Gasteiger partial charge in [0.1, 0.15) is 0 Å². The third kappa shape index (κ3) is 1.98. The summed E-state index contributed by atoms with van der Waals surface area (Å²) in [5.74, 6) is 0. The summed E-state index contributed by atoms with van der Waals surface area (Å²) in [7, 11) is 0. The number of hydrogen-bond donors (Lipinski definition) is 2. The Morgan fingerprint density at radius 1 is 1.00 bits per heavy atom. The van der Waals surface area contributed by atoms with Gasteiger partial charge in [-0.25, -0.2) is 0 Å². The van der Waals surface area contributed by atoms with E-state index in [2.05, 4.69) is 20.8 Å². The highest BCUT2D eigenvalue weighted by atomic mass is 16.3. The predicted octanol–water partition coefficient (Wildman–Crippen LogP) is 3.47. The van der Waals surface area contributed by atoms with E-state index in [1.807, 2.05) is 0 Å². The van der Waals surface area contributed by atoms with Crippen molar-refractivity contribution in [2.24, 2.45) is 27.4 Å². The molecule has 2 heteroatoms. The molecule has 4 bridgehead atoms. The van der Waals surface area contributed by atoms with E-state index < -0.39 is 0 Å². The third-order valence-corrected chi connectivity index (χ3v) is 6.51. The van der Waals surface area contributed by atoms with E-state index >= 15 is 0 Å². The van der Waals surface area contributed by atoms with Crippen LogP contribution in [0.2, 0.25) is 0 Å². The van der Waals surface area contributed by atoms with Gasteiger partial charge in [-0.3, -0.25) is 0 Å². The van der Waals surface area contributed by atoms with E-state index in [1.165, 1.54) is 38.5 Å². The Labute approximate surface area is 118 Å². The van der Waals surface area contributed by atoms with Crippen molar-refractivity contribution in [2.45, 2.75) is 78.2 Å². The van der Waals surface area contributed by atoms with Crippen LogP contribution < -0.4 is 5.73 Å². The van der Waals surface area contributed by atoms with E-state index in [-0.39, 0.29) is 11.5 Å². The molecule has 110 valence electrons. The van der Waals surface area contributed by atoms with Crippen LogP contribution in [0.1, 0.15) is 72.1 Å². The quantitative estimate of drug-likeness (QED) is 0.817. The Bertz CT molecular complexity index is 359. The second-order valence-corrected chi connectivity index (χ2v) is 9.01. The summed E-state index contributed by atoms with van der Waals surface area (Å²) in [5, 5.41) is 10.7. The highest BCUT2D eigenvalue weighted by Crippen LogP contribution is 2.75. The monoisotopic (exact) mass is 265 g/mol. The fourth-order valence-corrected chi connectivity index (χ4v) is 7.40. The molecule has 0 aromatic carbocycles. The Kier molecular flexibility index (Phi) is 2.91. The number of aliphatic hydroxyl groups excluding tert-OH is 1. The average molecular weight is 265 g/mol. The van der Waals surface area contributed by atoms with Crippen molar-refractivity contribution in [3.05, 3.63) is 0 Å². The molecular weight excluding hydrogens is 234 g/mol. The lowest BCUT2D eigenvalue weighted by molar-refractivity contribution is -0.223. The van der Waals surface area contributed by atoms with E-state index in [0.717, 1.165) is 19.4 Å². The Morgan fingerprint density at radius 2 is 1.58 bits per heavy atom. The van der Waals surface area contributed by atoms with Crippen LogP contribution in [0.25, 0.3) is 0 Å². The van der Waals surface area contributed by atoms with Gasteiger partial charge in [-0.05, 0) is 79.6 Å². The summed E-state index contributed by atoms with van der Waals surface area (Å²) >= 11 is 0. The maximum atomic E-state index is 10.7. The summed E-state index contributed by atoms with van der Waals surface area (Å²) < 4.78 is 0. The van der Waals surface area contributed by atoms with Gasteiger partial charge in [0.15, 0.2) is 0 Å². The molecular formula is C17H31NO. The molecule has 19 heavy (non-hydrogen) atoms. The molecule has 0 amide bonds. The van der Waals surface area contributed by atoms with Gasteiger partial charge in [0.05, 0.1) is 6.10 Å². The molecule has 4 saturated carbocycles. The van der Waals surface area contributed by atoms with Crippen LogP contribution in [0.4, 0.5) is 0 Å². The minimum absolute atomic E-state index is 0.107. The van der Waals surface area contributed by atoms with Crippen molar-refractivity contribution in [3.8, 4) is 0 Å². The lowest BCUT2D eigenvalue weighted by atomic mass is 9.34. The summed E-state index contributed by atoms with van der Waals surface area (Å²) in [6.45, 7) is 7.91. The van der Waals surface area contributed by atoms with Gasteiger partial charge in [0.2, 0.25) is 0 Å². The first-order valence-corrected chi connectivity index (χ1v) is 8.17. The van der Waals surface area contributed by atoms with Crippen molar-refractivity contribution < 1.29 is 5.11 Å². The topological polar surface area (TPSA) is 46.2 Å². The molecule has 3 atom stereocenters. The van der Waals surface area contributed by atoms with Gasteiger partial charge in [0, 0.05) is 0 Å². The van der Waals surface area contributed by atoms with Crippen molar-refractivity contribution >= 4 is 0 Å². The molecule has 0 radical (unpaired) electrons.